The summed E-state index contributed by atoms with van der Waals surface area (Å²) in [6.45, 7) is 4.05. The van der Waals surface area contributed by atoms with Gasteiger partial charge in [0.1, 0.15) is 5.75 Å². The maximum Gasteiger partial charge on any atom is 0.335 e. The number of nitrogens with two attached hydrogens (primary N) is 1. The Morgan fingerprint density at radius 2 is 1.64 bits per heavy atom. The van der Waals surface area contributed by atoms with Gasteiger partial charge in [0.15, 0.2) is 0 Å². The zero-order valence-corrected chi connectivity index (χ0v) is 13.2. The van der Waals surface area contributed by atoms with Crippen LogP contribution >= 0.6 is 0 Å². The van der Waals surface area contributed by atoms with E-state index in [2.05, 4.69) is 0 Å². The third-order valence-electron chi connectivity index (χ3n) is 2.84. The summed E-state index contributed by atoms with van der Waals surface area (Å²) in [5.41, 5.74) is 7.34. The van der Waals surface area contributed by atoms with Crippen LogP contribution in [0, 0.1) is 0 Å². The molecule has 0 aromatic heterocycles. The zero-order valence-electron chi connectivity index (χ0n) is 13.2. The van der Waals surface area contributed by atoms with E-state index in [0.717, 1.165) is 12.2 Å². The fourth-order valence-electron chi connectivity index (χ4n) is 1.85. The summed E-state index contributed by atoms with van der Waals surface area (Å²) in [5, 5.41) is 8.38. The number of benzene rings is 2. The van der Waals surface area contributed by atoms with Crippen molar-refractivity contribution in [1.82, 2.24) is 0 Å². The first kappa shape index (κ1) is 17.7. The van der Waals surface area contributed by atoms with E-state index < -0.39 is 5.97 Å². The van der Waals surface area contributed by atoms with E-state index in [4.69, 9.17) is 15.6 Å². The lowest BCUT2D eigenvalue weighted by Gasteiger charge is -2.18. The van der Waals surface area contributed by atoms with Crippen molar-refractivity contribution in [3.05, 3.63) is 65.7 Å². The van der Waals surface area contributed by atoms with Gasteiger partial charge in [-0.25, -0.2) is 4.79 Å². The Bertz CT molecular complexity index is 572. The van der Waals surface area contributed by atoms with E-state index in [1.165, 1.54) is 5.56 Å². The summed E-state index contributed by atoms with van der Waals surface area (Å²) in [4.78, 5) is 10.2. The second-order valence-corrected chi connectivity index (χ2v) is 5.68. The van der Waals surface area contributed by atoms with Gasteiger partial charge in [0.25, 0.3) is 0 Å². The number of rotatable bonds is 4. The van der Waals surface area contributed by atoms with Crippen LogP contribution in [0.1, 0.15) is 29.8 Å². The minimum atomic E-state index is -0.879. The van der Waals surface area contributed by atoms with Crippen molar-refractivity contribution in [3.8, 4) is 5.75 Å². The fourth-order valence-corrected chi connectivity index (χ4v) is 1.85. The van der Waals surface area contributed by atoms with Crippen molar-refractivity contribution in [2.24, 2.45) is 5.73 Å². The maximum absolute atomic E-state index is 10.2. The van der Waals surface area contributed by atoms with E-state index in [9.17, 15) is 4.79 Å². The number of carboxylic acids is 1. The van der Waals surface area contributed by atoms with Gasteiger partial charge in [-0.15, -0.1) is 0 Å². The molecule has 0 aliphatic heterocycles. The predicted molar refractivity (Wildman–Crippen MR) is 88.4 cm³/mol. The van der Waals surface area contributed by atoms with Crippen LogP contribution in [0.4, 0.5) is 0 Å². The second kappa shape index (κ2) is 8.20. The summed E-state index contributed by atoms with van der Waals surface area (Å²) >= 11 is 0. The Morgan fingerprint density at radius 3 is 2.00 bits per heavy atom. The van der Waals surface area contributed by atoms with Gasteiger partial charge in [-0.2, -0.15) is 0 Å². The highest BCUT2D eigenvalue weighted by atomic mass is 16.5. The number of carbonyl (C=O) groups is 1. The molecule has 22 heavy (non-hydrogen) atoms. The molecule has 0 saturated heterocycles. The zero-order chi connectivity index (χ0) is 16.6. The highest BCUT2D eigenvalue weighted by Gasteiger charge is 2.11. The third-order valence-corrected chi connectivity index (χ3v) is 2.84. The van der Waals surface area contributed by atoms with Gasteiger partial charge < -0.3 is 15.6 Å². The largest absolute Gasteiger partial charge is 0.497 e. The molecule has 0 unspecified atom stereocenters. The highest BCUT2D eigenvalue weighted by molar-refractivity contribution is 5.87. The monoisotopic (exact) mass is 301 g/mol. The molecule has 3 N–H and O–H groups in total. The SMILES string of the molecule is COc1ccc(CC(C)(C)N)cc1.O=C(O)c1ccccc1. The van der Waals surface area contributed by atoms with Crippen molar-refractivity contribution in [2.75, 3.05) is 7.11 Å². The lowest BCUT2D eigenvalue weighted by atomic mass is 9.96. The molecular weight excluding hydrogens is 278 g/mol. The van der Waals surface area contributed by atoms with E-state index >= 15 is 0 Å². The maximum atomic E-state index is 10.2. The van der Waals surface area contributed by atoms with Crippen LogP contribution in [0.25, 0.3) is 0 Å². The normalized spacial score (nSPS) is 10.4. The lowest BCUT2D eigenvalue weighted by Crippen LogP contribution is -2.34. The van der Waals surface area contributed by atoms with Crippen LogP contribution < -0.4 is 10.5 Å². The van der Waals surface area contributed by atoms with Gasteiger partial charge in [-0.05, 0) is 50.1 Å². The number of carboxylic acid groups (broad SMARTS) is 1. The van der Waals surface area contributed by atoms with Gasteiger partial charge in [-0.3, -0.25) is 0 Å². The Labute approximate surface area is 131 Å². The van der Waals surface area contributed by atoms with Gasteiger partial charge in [0.2, 0.25) is 0 Å². The molecule has 0 aliphatic carbocycles. The quantitative estimate of drug-likeness (QED) is 0.908. The van der Waals surface area contributed by atoms with E-state index in [1.807, 2.05) is 38.1 Å². The molecule has 2 aromatic rings. The Kier molecular flexibility index (Phi) is 6.60. The number of ether oxygens (including phenoxy) is 1. The van der Waals surface area contributed by atoms with Crippen LogP contribution in [0.2, 0.25) is 0 Å². The molecule has 118 valence electrons. The molecule has 0 saturated carbocycles. The standard InChI is InChI=1S/C11H17NO.C7H6O2/c1-11(2,12)8-9-4-6-10(13-3)7-5-9;8-7(9)6-4-2-1-3-5-6/h4-7H,8,12H2,1-3H3;1-5H,(H,8,9). The first-order valence-electron chi connectivity index (χ1n) is 7.02. The van der Waals surface area contributed by atoms with Crippen molar-refractivity contribution in [2.45, 2.75) is 25.8 Å². The summed E-state index contributed by atoms with van der Waals surface area (Å²) in [7, 11) is 1.67. The number of aromatic carboxylic acids is 1. The molecule has 0 heterocycles. The molecule has 0 radical (unpaired) electrons. The van der Waals surface area contributed by atoms with Crippen molar-refractivity contribution in [3.63, 3.8) is 0 Å². The average Bonchev–Trinajstić information content (AvgIpc) is 2.48. The Hall–Kier alpha value is -2.33. The van der Waals surface area contributed by atoms with Crippen molar-refractivity contribution in [1.29, 1.82) is 0 Å². The summed E-state index contributed by atoms with van der Waals surface area (Å²) < 4.78 is 5.07. The molecule has 0 atom stereocenters. The molecule has 0 aliphatic rings. The summed E-state index contributed by atoms with van der Waals surface area (Å²) in [5.74, 6) is 0.00850. The molecule has 0 spiro atoms. The fraction of sp³-hybridized carbons (Fsp3) is 0.278. The molecule has 0 amide bonds. The average molecular weight is 301 g/mol. The van der Waals surface area contributed by atoms with Crippen LogP contribution in [0.15, 0.2) is 54.6 Å². The minimum absolute atomic E-state index is 0.144. The smallest absolute Gasteiger partial charge is 0.335 e. The van der Waals surface area contributed by atoms with Crippen molar-refractivity contribution < 1.29 is 14.6 Å². The van der Waals surface area contributed by atoms with Gasteiger partial charge in [-0.1, -0.05) is 30.3 Å². The van der Waals surface area contributed by atoms with E-state index in [1.54, 1.807) is 37.4 Å². The number of hydrogen-bond acceptors (Lipinski definition) is 3. The van der Waals surface area contributed by atoms with Crippen molar-refractivity contribution >= 4 is 5.97 Å². The topological polar surface area (TPSA) is 72.5 Å². The van der Waals surface area contributed by atoms with Gasteiger partial charge in [0.05, 0.1) is 12.7 Å². The van der Waals surface area contributed by atoms with E-state index in [-0.39, 0.29) is 5.54 Å². The molecule has 4 nitrogen and oxygen atoms in total. The minimum Gasteiger partial charge on any atom is -0.497 e. The molecule has 2 rings (SSSR count). The summed E-state index contributed by atoms with van der Waals surface area (Å²) in [6, 6.07) is 16.3. The van der Waals surface area contributed by atoms with Gasteiger partial charge >= 0.3 is 5.97 Å². The van der Waals surface area contributed by atoms with Gasteiger partial charge in [0, 0.05) is 5.54 Å². The predicted octanol–water partition coefficient (Wildman–Crippen LogP) is 3.36. The highest BCUT2D eigenvalue weighted by Crippen LogP contribution is 2.15. The molecule has 2 aromatic carbocycles. The third kappa shape index (κ3) is 6.90. The molecule has 4 heteroatoms. The second-order valence-electron chi connectivity index (χ2n) is 5.68. The molecule has 0 bridgehead atoms. The van der Waals surface area contributed by atoms with Crippen LogP contribution in [-0.2, 0) is 6.42 Å². The van der Waals surface area contributed by atoms with Crippen LogP contribution in [0.5, 0.6) is 5.75 Å². The molecular formula is C18H23NO3. The number of methoxy groups -OCH3 is 1. The lowest BCUT2D eigenvalue weighted by molar-refractivity contribution is 0.0697. The Morgan fingerprint density at radius 1 is 1.09 bits per heavy atom. The van der Waals surface area contributed by atoms with E-state index in [0.29, 0.717) is 5.56 Å². The first-order chi connectivity index (χ1) is 10.3. The van der Waals surface area contributed by atoms with Crippen LogP contribution in [-0.4, -0.2) is 23.7 Å². The van der Waals surface area contributed by atoms with Crippen LogP contribution in [0.3, 0.4) is 0 Å². The number of hydrogen-bond donors (Lipinski definition) is 2. The Balaban J connectivity index is 0.000000235. The summed E-state index contributed by atoms with van der Waals surface area (Å²) in [6.07, 6.45) is 0.886. The first-order valence-corrected chi connectivity index (χ1v) is 7.02. The molecule has 0 fully saturated rings.